The Balaban J connectivity index is 2.39. The summed E-state index contributed by atoms with van der Waals surface area (Å²) in [6.07, 6.45) is 0. The lowest BCUT2D eigenvalue weighted by Gasteiger charge is -2.13. The van der Waals surface area contributed by atoms with E-state index in [4.69, 9.17) is 9.47 Å². The quantitative estimate of drug-likeness (QED) is 0.920. The zero-order chi connectivity index (χ0) is 14.0. The van der Waals surface area contributed by atoms with Crippen molar-refractivity contribution < 1.29 is 9.47 Å². The smallest absolute Gasteiger partial charge is 0.161 e. The molecule has 0 saturated heterocycles. The lowest BCUT2D eigenvalue weighted by molar-refractivity contribution is 0.355. The van der Waals surface area contributed by atoms with Crippen molar-refractivity contribution in [1.82, 2.24) is 10.2 Å². The molecule has 0 unspecified atom stereocenters. The molecule has 0 bridgehead atoms. The van der Waals surface area contributed by atoms with Crippen molar-refractivity contribution in [3.8, 4) is 22.8 Å². The summed E-state index contributed by atoms with van der Waals surface area (Å²) in [5.41, 5.74) is 3.08. The van der Waals surface area contributed by atoms with Gasteiger partial charge in [-0.1, -0.05) is 20.8 Å². The summed E-state index contributed by atoms with van der Waals surface area (Å²) >= 11 is 0. The number of nitrogens with one attached hydrogen (secondary N) is 1. The predicted molar refractivity (Wildman–Crippen MR) is 75.8 cm³/mol. The van der Waals surface area contributed by atoms with Crippen molar-refractivity contribution in [1.29, 1.82) is 0 Å². The Bertz CT molecular complexity index is 568. The first-order chi connectivity index (χ1) is 8.95. The van der Waals surface area contributed by atoms with Crippen LogP contribution in [0.1, 0.15) is 26.5 Å². The van der Waals surface area contributed by atoms with Gasteiger partial charge in [0.1, 0.15) is 0 Å². The predicted octanol–water partition coefficient (Wildman–Crippen LogP) is 3.39. The van der Waals surface area contributed by atoms with Crippen LogP contribution in [-0.2, 0) is 5.41 Å². The van der Waals surface area contributed by atoms with Crippen molar-refractivity contribution in [2.75, 3.05) is 14.2 Å². The minimum absolute atomic E-state index is 0.0330. The molecule has 4 heteroatoms. The molecule has 19 heavy (non-hydrogen) atoms. The van der Waals surface area contributed by atoms with Gasteiger partial charge in [0.05, 0.1) is 25.6 Å². The average molecular weight is 260 g/mol. The summed E-state index contributed by atoms with van der Waals surface area (Å²) in [5, 5.41) is 7.44. The fourth-order valence-electron chi connectivity index (χ4n) is 1.86. The average Bonchev–Trinajstić information content (AvgIpc) is 2.87. The number of methoxy groups -OCH3 is 2. The Hall–Kier alpha value is -1.97. The van der Waals surface area contributed by atoms with E-state index in [-0.39, 0.29) is 5.41 Å². The highest BCUT2D eigenvalue weighted by Crippen LogP contribution is 2.32. The number of ether oxygens (including phenoxy) is 2. The molecule has 0 spiro atoms. The van der Waals surface area contributed by atoms with E-state index in [1.165, 1.54) is 0 Å². The van der Waals surface area contributed by atoms with Gasteiger partial charge in [0, 0.05) is 11.0 Å². The van der Waals surface area contributed by atoms with Gasteiger partial charge < -0.3 is 9.47 Å². The number of hydrogen-bond acceptors (Lipinski definition) is 3. The summed E-state index contributed by atoms with van der Waals surface area (Å²) in [7, 11) is 3.26. The molecule has 1 heterocycles. The van der Waals surface area contributed by atoms with Crippen molar-refractivity contribution in [2.24, 2.45) is 0 Å². The third-order valence-corrected chi connectivity index (χ3v) is 3.04. The van der Waals surface area contributed by atoms with Crippen molar-refractivity contribution >= 4 is 0 Å². The van der Waals surface area contributed by atoms with Gasteiger partial charge in [0.2, 0.25) is 0 Å². The van der Waals surface area contributed by atoms with Gasteiger partial charge >= 0.3 is 0 Å². The monoisotopic (exact) mass is 260 g/mol. The molecule has 4 nitrogen and oxygen atoms in total. The normalized spacial score (nSPS) is 11.4. The highest BCUT2D eigenvalue weighted by molar-refractivity contribution is 5.64. The summed E-state index contributed by atoms with van der Waals surface area (Å²) < 4.78 is 10.5. The number of aromatic nitrogens is 2. The van der Waals surface area contributed by atoms with Gasteiger partial charge in [-0.3, -0.25) is 5.10 Å². The summed E-state index contributed by atoms with van der Waals surface area (Å²) in [5.74, 6) is 1.44. The van der Waals surface area contributed by atoms with Crippen LogP contribution in [0.5, 0.6) is 11.5 Å². The van der Waals surface area contributed by atoms with E-state index in [2.05, 4.69) is 37.0 Å². The molecule has 1 aromatic heterocycles. The van der Waals surface area contributed by atoms with E-state index >= 15 is 0 Å². The minimum atomic E-state index is 0.0330. The highest BCUT2D eigenvalue weighted by atomic mass is 16.5. The van der Waals surface area contributed by atoms with Crippen molar-refractivity contribution in [3.05, 3.63) is 30.0 Å². The van der Waals surface area contributed by atoms with Gasteiger partial charge in [0.15, 0.2) is 11.5 Å². The largest absolute Gasteiger partial charge is 0.493 e. The molecule has 0 aliphatic carbocycles. The first kappa shape index (κ1) is 13.5. The van der Waals surface area contributed by atoms with E-state index in [1.807, 2.05) is 18.2 Å². The van der Waals surface area contributed by atoms with Crippen LogP contribution in [0, 0.1) is 0 Å². The van der Waals surface area contributed by atoms with Crippen molar-refractivity contribution in [3.63, 3.8) is 0 Å². The Kier molecular flexibility index (Phi) is 3.51. The van der Waals surface area contributed by atoms with E-state index < -0.39 is 0 Å². The second-order valence-electron chi connectivity index (χ2n) is 5.49. The molecule has 0 atom stereocenters. The number of hydrogen-bond donors (Lipinski definition) is 1. The molecule has 0 amide bonds. The Labute approximate surface area is 113 Å². The van der Waals surface area contributed by atoms with Crippen LogP contribution in [0.3, 0.4) is 0 Å². The lowest BCUT2D eigenvalue weighted by Crippen LogP contribution is -2.11. The minimum Gasteiger partial charge on any atom is -0.493 e. The van der Waals surface area contributed by atoms with Crippen LogP contribution >= 0.6 is 0 Å². The molecule has 0 saturated carbocycles. The maximum Gasteiger partial charge on any atom is 0.161 e. The second kappa shape index (κ2) is 4.96. The third-order valence-electron chi connectivity index (χ3n) is 3.04. The standard InChI is InChI=1S/C15H20N2O2/c1-15(2,3)14-9-11(16-17-14)10-6-7-12(18-4)13(8-10)19-5/h6-9H,1-5H3,(H,16,17). The van der Waals surface area contributed by atoms with Gasteiger partial charge in [-0.05, 0) is 24.3 Å². The molecule has 0 aliphatic rings. The zero-order valence-corrected chi connectivity index (χ0v) is 12.1. The number of nitrogens with zero attached hydrogens (tertiary/aromatic N) is 1. The van der Waals surface area contributed by atoms with Gasteiger partial charge in [-0.15, -0.1) is 0 Å². The zero-order valence-electron chi connectivity index (χ0n) is 12.1. The SMILES string of the molecule is COc1ccc(-c2cc(C(C)(C)C)n[nH]2)cc1OC. The number of aromatic amines is 1. The topological polar surface area (TPSA) is 47.1 Å². The van der Waals surface area contributed by atoms with Crippen LogP contribution in [0.4, 0.5) is 0 Å². The fourth-order valence-corrected chi connectivity index (χ4v) is 1.86. The van der Waals surface area contributed by atoms with E-state index in [0.29, 0.717) is 5.75 Å². The molecule has 2 rings (SSSR count). The van der Waals surface area contributed by atoms with Gasteiger partial charge in [0.25, 0.3) is 0 Å². The molecule has 102 valence electrons. The van der Waals surface area contributed by atoms with Crippen LogP contribution < -0.4 is 9.47 Å². The Morgan fingerprint density at radius 1 is 1.00 bits per heavy atom. The third kappa shape index (κ3) is 2.72. The van der Waals surface area contributed by atoms with E-state index in [0.717, 1.165) is 22.7 Å². The maximum absolute atomic E-state index is 5.31. The van der Waals surface area contributed by atoms with Crippen LogP contribution in [0.25, 0.3) is 11.3 Å². The number of rotatable bonds is 3. The number of H-pyrrole nitrogens is 1. The fraction of sp³-hybridized carbons (Fsp3) is 0.400. The van der Waals surface area contributed by atoms with Crippen LogP contribution in [-0.4, -0.2) is 24.4 Å². The molecular weight excluding hydrogens is 240 g/mol. The Morgan fingerprint density at radius 2 is 1.68 bits per heavy atom. The van der Waals surface area contributed by atoms with Crippen molar-refractivity contribution in [2.45, 2.75) is 26.2 Å². The van der Waals surface area contributed by atoms with E-state index in [1.54, 1.807) is 14.2 Å². The summed E-state index contributed by atoms with van der Waals surface area (Å²) in [6, 6.07) is 7.90. The first-order valence-electron chi connectivity index (χ1n) is 6.24. The first-order valence-corrected chi connectivity index (χ1v) is 6.24. The maximum atomic E-state index is 5.31. The summed E-state index contributed by atoms with van der Waals surface area (Å²) in [6.45, 7) is 6.42. The molecule has 0 fully saturated rings. The van der Waals surface area contributed by atoms with Crippen LogP contribution in [0.15, 0.2) is 24.3 Å². The summed E-state index contributed by atoms with van der Waals surface area (Å²) in [4.78, 5) is 0. The molecule has 2 aromatic rings. The molecule has 1 N–H and O–H groups in total. The second-order valence-corrected chi connectivity index (χ2v) is 5.49. The molecule has 0 aliphatic heterocycles. The molecular formula is C15H20N2O2. The van der Waals surface area contributed by atoms with E-state index in [9.17, 15) is 0 Å². The lowest BCUT2D eigenvalue weighted by atomic mass is 9.92. The number of benzene rings is 1. The van der Waals surface area contributed by atoms with Crippen LogP contribution in [0.2, 0.25) is 0 Å². The molecule has 0 radical (unpaired) electrons. The van der Waals surface area contributed by atoms with Gasteiger partial charge in [-0.25, -0.2) is 0 Å². The highest BCUT2D eigenvalue weighted by Gasteiger charge is 2.18. The van der Waals surface area contributed by atoms with Gasteiger partial charge in [-0.2, -0.15) is 5.10 Å². The molecule has 1 aromatic carbocycles. The Morgan fingerprint density at radius 3 is 2.21 bits per heavy atom.